The number of nitrogens with one attached hydrogen (secondary N) is 2. The molecule has 8 heteroatoms. The number of halogens is 1. The van der Waals surface area contributed by atoms with Crippen molar-refractivity contribution in [2.45, 2.75) is 18.9 Å². The van der Waals surface area contributed by atoms with Gasteiger partial charge in [-0.15, -0.1) is 6.58 Å². The molecule has 34 heavy (non-hydrogen) atoms. The Morgan fingerprint density at radius 3 is 2.62 bits per heavy atom. The summed E-state index contributed by atoms with van der Waals surface area (Å²) >= 11 is 6.38. The van der Waals surface area contributed by atoms with Gasteiger partial charge in [-0.25, -0.2) is 4.79 Å². The summed E-state index contributed by atoms with van der Waals surface area (Å²) in [6.07, 6.45) is 3.27. The number of benzene rings is 2. The van der Waals surface area contributed by atoms with Crippen molar-refractivity contribution >= 4 is 29.4 Å². The lowest BCUT2D eigenvalue weighted by atomic mass is 9.95. The van der Waals surface area contributed by atoms with Crippen molar-refractivity contribution in [3.8, 4) is 0 Å². The largest absolute Gasteiger partial charge is 0.355 e. The predicted octanol–water partition coefficient (Wildman–Crippen LogP) is 3.44. The van der Waals surface area contributed by atoms with E-state index >= 15 is 0 Å². The van der Waals surface area contributed by atoms with Crippen molar-refractivity contribution in [1.29, 1.82) is 0 Å². The third kappa shape index (κ3) is 4.99. The van der Waals surface area contributed by atoms with Gasteiger partial charge in [0.05, 0.1) is 23.9 Å². The molecule has 0 radical (unpaired) electrons. The summed E-state index contributed by atoms with van der Waals surface area (Å²) in [7, 11) is 0. The molecule has 0 aliphatic carbocycles. The lowest BCUT2D eigenvalue weighted by Crippen LogP contribution is -2.47. The van der Waals surface area contributed by atoms with Crippen molar-refractivity contribution in [3.05, 3.63) is 94.7 Å². The minimum Gasteiger partial charge on any atom is -0.355 e. The van der Waals surface area contributed by atoms with E-state index in [1.807, 2.05) is 24.3 Å². The summed E-state index contributed by atoms with van der Waals surface area (Å²) in [6.45, 7) is 4.59. The minimum absolute atomic E-state index is 0.0808. The highest BCUT2D eigenvalue weighted by atomic mass is 35.5. The highest BCUT2D eigenvalue weighted by molar-refractivity contribution is 6.31. The fraction of sp³-hybridized carbons (Fsp3) is 0.269. The summed E-state index contributed by atoms with van der Waals surface area (Å²) in [5, 5.41) is 6.24. The number of amides is 4. The van der Waals surface area contributed by atoms with Crippen molar-refractivity contribution in [1.82, 2.24) is 20.4 Å². The molecule has 0 unspecified atom stereocenters. The van der Waals surface area contributed by atoms with Crippen LogP contribution in [0.5, 0.6) is 0 Å². The molecule has 2 aromatic rings. The van der Waals surface area contributed by atoms with Crippen LogP contribution in [-0.2, 0) is 16.0 Å². The van der Waals surface area contributed by atoms with Crippen molar-refractivity contribution in [3.63, 3.8) is 0 Å². The van der Waals surface area contributed by atoms with E-state index in [1.165, 1.54) is 15.4 Å². The third-order valence-corrected chi connectivity index (χ3v) is 6.31. The topological polar surface area (TPSA) is 81.8 Å². The first-order valence-corrected chi connectivity index (χ1v) is 11.6. The van der Waals surface area contributed by atoms with E-state index in [0.717, 1.165) is 12.8 Å². The summed E-state index contributed by atoms with van der Waals surface area (Å²) in [5.41, 5.74) is 2.87. The molecule has 7 nitrogen and oxygen atoms in total. The summed E-state index contributed by atoms with van der Waals surface area (Å²) in [4.78, 5) is 41.8. The van der Waals surface area contributed by atoms with Crippen LogP contribution in [0.15, 0.2) is 78.5 Å². The van der Waals surface area contributed by atoms with Gasteiger partial charge in [-0.2, -0.15) is 0 Å². The third-order valence-electron chi connectivity index (χ3n) is 5.97. The fourth-order valence-corrected chi connectivity index (χ4v) is 4.58. The molecular formula is C26H27ClN4O3. The van der Waals surface area contributed by atoms with E-state index in [-0.39, 0.29) is 37.5 Å². The number of urea groups is 1. The number of aryl methyl sites for hydroxylation is 1. The van der Waals surface area contributed by atoms with Crippen LogP contribution in [0.2, 0.25) is 5.02 Å². The zero-order valence-corrected chi connectivity index (χ0v) is 19.6. The maximum Gasteiger partial charge on any atom is 0.322 e. The van der Waals surface area contributed by atoms with Crippen LogP contribution < -0.4 is 10.6 Å². The molecule has 4 amide bonds. The van der Waals surface area contributed by atoms with Crippen LogP contribution in [0.3, 0.4) is 0 Å². The SMILES string of the molecule is C=CCN1C(=O)N[C@H](c2ccccc2Cl)C2=C1CN(CC(=O)NCCCc1ccccc1)C2=O. The van der Waals surface area contributed by atoms with Crippen molar-refractivity contribution < 1.29 is 14.4 Å². The summed E-state index contributed by atoms with van der Waals surface area (Å²) in [6, 6.07) is 16.2. The molecule has 1 atom stereocenters. The lowest BCUT2D eigenvalue weighted by Gasteiger charge is -2.33. The van der Waals surface area contributed by atoms with E-state index in [2.05, 4.69) is 29.3 Å². The van der Waals surface area contributed by atoms with Gasteiger partial charge >= 0.3 is 6.03 Å². The Labute approximate surface area is 204 Å². The maximum atomic E-state index is 13.4. The molecular weight excluding hydrogens is 452 g/mol. The standard InChI is InChI=1S/C26H27ClN4O3/c1-2-15-31-21-16-30(17-22(32)28-14-8-11-18-9-4-3-5-10-18)25(33)23(21)24(29-26(31)34)19-12-6-7-13-20(19)27/h2-7,9-10,12-13,24H,1,8,11,14-17H2,(H,28,32)(H,29,34)/t24-/m1/s1. The molecule has 4 rings (SSSR count). The summed E-state index contributed by atoms with van der Waals surface area (Å²) < 4.78 is 0. The maximum absolute atomic E-state index is 13.4. The van der Waals surface area contributed by atoms with Crippen LogP contribution >= 0.6 is 11.6 Å². The Hall–Kier alpha value is -3.58. The first-order valence-electron chi connectivity index (χ1n) is 11.3. The van der Waals surface area contributed by atoms with E-state index < -0.39 is 6.04 Å². The van der Waals surface area contributed by atoms with Gasteiger partial charge in [-0.05, 0) is 30.0 Å². The predicted molar refractivity (Wildman–Crippen MR) is 131 cm³/mol. The smallest absolute Gasteiger partial charge is 0.322 e. The molecule has 2 heterocycles. The quantitative estimate of drug-likeness (QED) is 0.428. The molecule has 0 spiro atoms. The second-order valence-electron chi connectivity index (χ2n) is 8.26. The zero-order valence-electron chi connectivity index (χ0n) is 18.8. The first kappa shape index (κ1) is 23.6. The molecule has 0 bridgehead atoms. The Kier molecular flexibility index (Phi) is 7.33. The van der Waals surface area contributed by atoms with E-state index in [9.17, 15) is 14.4 Å². The zero-order chi connectivity index (χ0) is 24.1. The number of hydrogen-bond acceptors (Lipinski definition) is 3. The number of carbonyl (C=O) groups is 3. The highest BCUT2D eigenvalue weighted by Crippen LogP contribution is 2.38. The summed E-state index contributed by atoms with van der Waals surface area (Å²) in [5.74, 6) is -0.515. The number of carbonyl (C=O) groups excluding carboxylic acids is 3. The Balaban J connectivity index is 1.44. The van der Waals surface area contributed by atoms with Gasteiger partial charge in [-0.3, -0.25) is 14.5 Å². The molecule has 0 saturated heterocycles. The molecule has 2 aliphatic rings. The van der Waals surface area contributed by atoms with Gasteiger partial charge in [-0.1, -0.05) is 66.2 Å². The Morgan fingerprint density at radius 2 is 1.88 bits per heavy atom. The molecule has 0 saturated carbocycles. The number of rotatable bonds is 9. The number of nitrogens with zero attached hydrogens (tertiary/aromatic N) is 2. The van der Waals surface area contributed by atoms with Crippen LogP contribution in [0, 0.1) is 0 Å². The molecule has 2 aliphatic heterocycles. The molecule has 0 aromatic heterocycles. The van der Waals surface area contributed by atoms with Gasteiger partial charge in [0.25, 0.3) is 5.91 Å². The highest BCUT2D eigenvalue weighted by Gasteiger charge is 2.44. The van der Waals surface area contributed by atoms with E-state index in [0.29, 0.717) is 28.4 Å². The van der Waals surface area contributed by atoms with Crippen LogP contribution in [0.1, 0.15) is 23.6 Å². The minimum atomic E-state index is -0.677. The monoisotopic (exact) mass is 478 g/mol. The average Bonchev–Trinajstić information content (AvgIpc) is 3.15. The van der Waals surface area contributed by atoms with Crippen LogP contribution in [0.25, 0.3) is 0 Å². The average molecular weight is 479 g/mol. The van der Waals surface area contributed by atoms with Crippen LogP contribution in [-0.4, -0.2) is 53.8 Å². The lowest BCUT2D eigenvalue weighted by molar-refractivity contribution is -0.131. The fourth-order valence-electron chi connectivity index (χ4n) is 4.34. The molecule has 2 N–H and O–H groups in total. The molecule has 0 fully saturated rings. The van der Waals surface area contributed by atoms with Gasteiger partial charge in [0.1, 0.15) is 6.54 Å². The number of hydrogen-bond donors (Lipinski definition) is 2. The first-order chi connectivity index (χ1) is 16.5. The van der Waals surface area contributed by atoms with Gasteiger partial charge in [0.2, 0.25) is 5.91 Å². The van der Waals surface area contributed by atoms with Crippen molar-refractivity contribution in [2.75, 3.05) is 26.2 Å². The molecule has 2 aromatic carbocycles. The normalized spacial score (nSPS) is 17.5. The van der Waals surface area contributed by atoms with Gasteiger partial charge < -0.3 is 15.5 Å². The van der Waals surface area contributed by atoms with Gasteiger partial charge in [0.15, 0.2) is 0 Å². The van der Waals surface area contributed by atoms with E-state index in [4.69, 9.17) is 11.6 Å². The second-order valence-corrected chi connectivity index (χ2v) is 8.67. The Morgan fingerprint density at radius 1 is 1.15 bits per heavy atom. The van der Waals surface area contributed by atoms with Crippen LogP contribution in [0.4, 0.5) is 4.79 Å². The van der Waals surface area contributed by atoms with Crippen molar-refractivity contribution in [2.24, 2.45) is 0 Å². The van der Waals surface area contributed by atoms with E-state index in [1.54, 1.807) is 24.3 Å². The van der Waals surface area contributed by atoms with Gasteiger partial charge in [0, 0.05) is 18.1 Å². The Bertz CT molecular complexity index is 1130. The molecule has 176 valence electrons. The second kappa shape index (κ2) is 10.6.